The number of ether oxygens (including phenoxy) is 1. The maximum absolute atomic E-state index is 12.9. The number of nitrogens with zero attached hydrogens (tertiary/aromatic N) is 1. The molecule has 24 heavy (non-hydrogen) atoms. The number of morpholine rings is 1. The summed E-state index contributed by atoms with van der Waals surface area (Å²) in [5.41, 5.74) is 0.572. The van der Waals surface area contributed by atoms with Gasteiger partial charge in [-0.15, -0.1) is 0 Å². The van der Waals surface area contributed by atoms with E-state index in [0.717, 1.165) is 5.75 Å². The molecule has 1 saturated heterocycles. The topological polar surface area (TPSA) is 58.6 Å². The summed E-state index contributed by atoms with van der Waals surface area (Å²) in [5, 5.41) is 2.91. The van der Waals surface area contributed by atoms with Crippen LogP contribution >= 0.6 is 11.8 Å². The number of benzene rings is 1. The molecule has 2 rings (SSSR count). The molecule has 5 nitrogen and oxygen atoms in total. The molecule has 0 bridgehead atoms. The van der Waals surface area contributed by atoms with Crippen LogP contribution in [0.5, 0.6) is 0 Å². The Morgan fingerprint density at radius 1 is 1.25 bits per heavy atom. The van der Waals surface area contributed by atoms with E-state index < -0.39 is 6.04 Å². The van der Waals surface area contributed by atoms with E-state index in [1.165, 1.54) is 0 Å². The fourth-order valence-electron chi connectivity index (χ4n) is 2.90. The number of carbonyl (C=O) groups is 2. The first-order valence-corrected chi connectivity index (χ1v) is 9.69. The molecule has 1 aromatic carbocycles. The van der Waals surface area contributed by atoms with Crippen molar-refractivity contribution in [1.29, 1.82) is 0 Å². The van der Waals surface area contributed by atoms with Gasteiger partial charge >= 0.3 is 0 Å². The third kappa shape index (κ3) is 5.24. The number of nitrogens with one attached hydrogen (secondary N) is 1. The molecular formula is C18H26N2O3S. The fraction of sp³-hybridized carbons (Fsp3) is 0.556. The second kappa shape index (κ2) is 9.08. The van der Waals surface area contributed by atoms with Crippen molar-refractivity contribution in [2.45, 2.75) is 38.5 Å². The average Bonchev–Trinajstić information content (AvgIpc) is 2.57. The molecule has 2 amide bonds. The van der Waals surface area contributed by atoms with Crippen LogP contribution in [0.4, 0.5) is 0 Å². The summed E-state index contributed by atoms with van der Waals surface area (Å²) in [4.78, 5) is 27.1. The van der Waals surface area contributed by atoms with E-state index in [1.54, 1.807) is 23.9 Å². The highest BCUT2D eigenvalue weighted by molar-refractivity contribution is 7.98. The second-order valence-corrected chi connectivity index (χ2v) is 7.16. The van der Waals surface area contributed by atoms with Gasteiger partial charge in [-0.05, 0) is 44.4 Å². The highest BCUT2D eigenvalue weighted by atomic mass is 32.2. The number of hydrogen-bond acceptors (Lipinski definition) is 4. The zero-order chi connectivity index (χ0) is 17.5. The summed E-state index contributed by atoms with van der Waals surface area (Å²) >= 11 is 1.67. The van der Waals surface area contributed by atoms with Crippen molar-refractivity contribution in [3.8, 4) is 0 Å². The van der Waals surface area contributed by atoms with E-state index >= 15 is 0 Å². The lowest BCUT2D eigenvalue weighted by Crippen LogP contribution is -2.55. The van der Waals surface area contributed by atoms with Gasteiger partial charge in [0, 0.05) is 18.7 Å². The van der Waals surface area contributed by atoms with Gasteiger partial charge in [0.1, 0.15) is 6.04 Å². The lowest BCUT2D eigenvalue weighted by molar-refractivity contribution is -0.145. The van der Waals surface area contributed by atoms with Crippen molar-refractivity contribution >= 4 is 23.6 Å². The van der Waals surface area contributed by atoms with E-state index in [4.69, 9.17) is 4.74 Å². The van der Waals surface area contributed by atoms with Gasteiger partial charge in [0.15, 0.2) is 0 Å². The molecule has 1 N–H and O–H groups in total. The minimum atomic E-state index is -0.498. The molecule has 1 fully saturated rings. The second-order valence-electron chi connectivity index (χ2n) is 6.17. The predicted molar refractivity (Wildman–Crippen MR) is 97.3 cm³/mol. The van der Waals surface area contributed by atoms with Gasteiger partial charge < -0.3 is 15.0 Å². The van der Waals surface area contributed by atoms with E-state index in [2.05, 4.69) is 5.32 Å². The number of thioether (sulfide) groups is 1. The summed E-state index contributed by atoms with van der Waals surface area (Å²) in [5.74, 6) is 0.598. The van der Waals surface area contributed by atoms with Crippen LogP contribution in [-0.4, -0.2) is 60.1 Å². The summed E-state index contributed by atoms with van der Waals surface area (Å²) < 4.78 is 5.69. The van der Waals surface area contributed by atoms with Gasteiger partial charge in [-0.3, -0.25) is 9.59 Å². The Morgan fingerprint density at radius 2 is 1.88 bits per heavy atom. The molecule has 3 unspecified atom stereocenters. The molecule has 1 aliphatic rings. The standard InChI is InChI=1S/C18H26N2O3S/c1-13-11-20(12-14(2)23-13)18(22)16(9-10-24-3)19-17(21)15-7-5-4-6-8-15/h4-8,13-14,16H,9-12H2,1-3H3,(H,19,21). The molecular weight excluding hydrogens is 324 g/mol. The Bertz CT molecular complexity index is 542. The van der Waals surface area contributed by atoms with Crippen LogP contribution in [0.3, 0.4) is 0 Å². The summed E-state index contributed by atoms with van der Waals surface area (Å²) in [6.45, 7) is 5.07. The summed E-state index contributed by atoms with van der Waals surface area (Å²) in [6.07, 6.45) is 2.66. The fourth-order valence-corrected chi connectivity index (χ4v) is 3.37. The SMILES string of the molecule is CSCCC(NC(=O)c1ccccc1)C(=O)N1CC(C)OC(C)C1. The third-order valence-corrected chi connectivity index (χ3v) is 4.63. The first-order chi connectivity index (χ1) is 11.5. The van der Waals surface area contributed by atoms with Crippen LogP contribution in [0.1, 0.15) is 30.6 Å². The van der Waals surface area contributed by atoms with Gasteiger partial charge in [0.25, 0.3) is 5.91 Å². The van der Waals surface area contributed by atoms with Gasteiger partial charge in [-0.25, -0.2) is 0 Å². The van der Waals surface area contributed by atoms with Gasteiger partial charge in [-0.1, -0.05) is 18.2 Å². The third-order valence-electron chi connectivity index (χ3n) is 3.98. The molecule has 1 aliphatic heterocycles. The Labute approximate surface area is 148 Å². The van der Waals surface area contributed by atoms with E-state index in [1.807, 2.05) is 43.2 Å². The Morgan fingerprint density at radius 3 is 2.46 bits per heavy atom. The van der Waals surface area contributed by atoms with Crippen molar-refractivity contribution in [3.63, 3.8) is 0 Å². The molecule has 0 aliphatic carbocycles. The van der Waals surface area contributed by atoms with Gasteiger partial charge in [0.05, 0.1) is 12.2 Å². The minimum absolute atomic E-state index is 0.0173. The van der Waals surface area contributed by atoms with Crippen molar-refractivity contribution < 1.29 is 14.3 Å². The smallest absolute Gasteiger partial charge is 0.251 e. The maximum atomic E-state index is 12.9. The van der Waals surface area contributed by atoms with E-state index in [0.29, 0.717) is 25.1 Å². The quantitative estimate of drug-likeness (QED) is 0.854. The molecule has 132 valence electrons. The van der Waals surface area contributed by atoms with Crippen LogP contribution in [0.25, 0.3) is 0 Å². The summed E-state index contributed by atoms with van der Waals surface area (Å²) in [6, 6.07) is 8.51. The zero-order valence-electron chi connectivity index (χ0n) is 14.5. The minimum Gasteiger partial charge on any atom is -0.372 e. The first-order valence-electron chi connectivity index (χ1n) is 8.30. The molecule has 0 spiro atoms. The van der Waals surface area contributed by atoms with Crippen LogP contribution in [0.2, 0.25) is 0 Å². The van der Waals surface area contributed by atoms with Crippen molar-refractivity contribution in [2.24, 2.45) is 0 Å². The molecule has 6 heteroatoms. The number of amides is 2. The van der Waals surface area contributed by atoms with Crippen LogP contribution in [0.15, 0.2) is 30.3 Å². The van der Waals surface area contributed by atoms with Crippen LogP contribution < -0.4 is 5.32 Å². The van der Waals surface area contributed by atoms with Gasteiger partial charge in [0.2, 0.25) is 5.91 Å². The Kier molecular flexibility index (Phi) is 7.12. The predicted octanol–water partition coefficient (Wildman–Crippen LogP) is 2.17. The van der Waals surface area contributed by atoms with Crippen LogP contribution in [0, 0.1) is 0 Å². The Balaban J connectivity index is 2.06. The van der Waals surface area contributed by atoms with Crippen LogP contribution in [-0.2, 0) is 9.53 Å². The van der Waals surface area contributed by atoms with Crippen molar-refractivity contribution in [1.82, 2.24) is 10.2 Å². The molecule has 1 heterocycles. The molecule has 1 aromatic rings. The molecule has 0 radical (unpaired) electrons. The van der Waals surface area contributed by atoms with Gasteiger partial charge in [-0.2, -0.15) is 11.8 Å². The van der Waals surface area contributed by atoms with Crippen molar-refractivity contribution in [3.05, 3.63) is 35.9 Å². The number of carbonyl (C=O) groups excluding carboxylic acids is 2. The van der Waals surface area contributed by atoms with E-state index in [-0.39, 0.29) is 24.0 Å². The van der Waals surface area contributed by atoms with E-state index in [9.17, 15) is 9.59 Å². The normalized spacial score (nSPS) is 22.0. The lowest BCUT2D eigenvalue weighted by atomic mass is 10.1. The Hall–Kier alpha value is -1.53. The maximum Gasteiger partial charge on any atom is 0.251 e. The average molecular weight is 350 g/mol. The molecule has 0 saturated carbocycles. The molecule has 3 atom stereocenters. The highest BCUT2D eigenvalue weighted by Crippen LogP contribution is 2.14. The molecule has 0 aromatic heterocycles. The zero-order valence-corrected chi connectivity index (χ0v) is 15.3. The number of rotatable bonds is 6. The van der Waals surface area contributed by atoms with Crippen molar-refractivity contribution in [2.75, 3.05) is 25.1 Å². The monoisotopic (exact) mass is 350 g/mol. The largest absolute Gasteiger partial charge is 0.372 e. The lowest BCUT2D eigenvalue weighted by Gasteiger charge is -2.37. The number of hydrogen-bond donors (Lipinski definition) is 1. The summed E-state index contributed by atoms with van der Waals surface area (Å²) in [7, 11) is 0. The first kappa shape index (κ1) is 18.8. The highest BCUT2D eigenvalue weighted by Gasteiger charge is 2.31.